The van der Waals surface area contributed by atoms with Gasteiger partial charge < -0.3 is 14.9 Å². The molecule has 0 fully saturated rings. The highest BCUT2D eigenvalue weighted by molar-refractivity contribution is 6.34. The Balaban J connectivity index is 2.90. The predicted octanol–water partition coefficient (Wildman–Crippen LogP) is 5.81. The molecule has 0 aliphatic heterocycles. The van der Waals surface area contributed by atoms with Crippen molar-refractivity contribution in [1.29, 1.82) is 0 Å². The van der Waals surface area contributed by atoms with Crippen LogP contribution in [0.15, 0.2) is 29.4 Å². The first-order valence-corrected chi connectivity index (χ1v) is 8.85. The number of benzene rings is 1. The van der Waals surface area contributed by atoms with Gasteiger partial charge in [-0.3, -0.25) is 4.79 Å². The molecule has 0 spiro atoms. The summed E-state index contributed by atoms with van der Waals surface area (Å²) in [6, 6.07) is 1.28. The summed E-state index contributed by atoms with van der Waals surface area (Å²) < 4.78 is 5.63. The van der Waals surface area contributed by atoms with Crippen LogP contribution in [0.5, 0.6) is 17.2 Å². The third-order valence-electron chi connectivity index (χ3n) is 3.70. The van der Waals surface area contributed by atoms with E-state index >= 15 is 0 Å². The van der Waals surface area contributed by atoms with E-state index in [4.69, 9.17) is 16.3 Å². The number of ether oxygens (including phenoxy) is 1. The van der Waals surface area contributed by atoms with Crippen molar-refractivity contribution >= 4 is 17.4 Å². The van der Waals surface area contributed by atoms with Crippen LogP contribution in [0.2, 0.25) is 5.02 Å². The van der Waals surface area contributed by atoms with E-state index in [1.54, 1.807) is 0 Å². The summed E-state index contributed by atoms with van der Waals surface area (Å²) in [6.07, 6.45) is 6.90. The molecule has 0 aromatic heterocycles. The van der Waals surface area contributed by atoms with Gasteiger partial charge in [-0.25, -0.2) is 0 Å². The van der Waals surface area contributed by atoms with E-state index in [-0.39, 0.29) is 40.9 Å². The molecular weight excluding hydrogens is 340 g/mol. The number of Topliss-reactive ketones (excluding diaryl/α,β-unsaturated/α-hetero) is 1. The van der Waals surface area contributed by atoms with E-state index in [1.165, 1.54) is 17.2 Å². The lowest BCUT2D eigenvalue weighted by molar-refractivity contribution is 0.0975. The highest BCUT2D eigenvalue weighted by atomic mass is 35.5. The van der Waals surface area contributed by atoms with Gasteiger partial charge in [-0.1, -0.05) is 35.7 Å². The molecule has 0 radical (unpaired) electrons. The summed E-state index contributed by atoms with van der Waals surface area (Å²) in [7, 11) is 0. The number of hydrogen-bond acceptors (Lipinski definition) is 4. The molecule has 4 nitrogen and oxygen atoms in total. The Morgan fingerprint density at radius 2 is 1.88 bits per heavy atom. The molecule has 0 saturated carbocycles. The number of halogens is 1. The van der Waals surface area contributed by atoms with Crippen LogP contribution in [0.1, 0.15) is 63.7 Å². The van der Waals surface area contributed by atoms with Crippen LogP contribution in [0, 0.1) is 0 Å². The fraction of sp³-hybridized carbons (Fsp3) is 0.450. The Morgan fingerprint density at radius 3 is 2.48 bits per heavy atom. The molecule has 2 N–H and O–H groups in total. The summed E-state index contributed by atoms with van der Waals surface area (Å²) in [5, 5.41) is 19.7. The van der Waals surface area contributed by atoms with E-state index in [9.17, 15) is 15.0 Å². The van der Waals surface area contributed by atoms with Crippen LogP contribution < -0.4 is 4.74 Å². The van der Waals surface area contributed by atoms with Crippen molar-refractivity contribution < 1.29 is 19.7 Å². The van der Waals surface area contributed by atoms with Crippen molar-refractivity contribution in [3.05, 3.63) is 40.0 Å². The molecule has 1 aromatic carbocycles. The number of phenols is 2. The number of aromatic hydroxyl groups is 2. The molecule has 0 aliphatic rings. The molecule has 138 valence electrons. The van der Waals surface area contributed by atoms with Gasteiger partial charge in [0, 0.05) is 12.5 Å². The number of carbonyl (C=O) groups is 1. The Bertz CT molecular complexity index is 671. The van der Waals surface area contributed by atoms with Gasteiger partial charge in [0.05, 0.1) is 0 Å². The van der Waals surface area contributed by atoms with Crippen molar-refractivity contribution in [3.63, 3.8) is 0 Å². The number of phenolic OH excluding ortho intramolecular Hbond substituents is 2. The molecule has 0 amide bonds. The summed E-state index contributed by atoms with van der Waals surface area (Å²) in [4.78, 5) is 12.2. The molecule has 0 bridgehead atoms. The van der Waals surface area contributed by atoms with E-state index in [1.807, 2.05) is 19.9 Å². The number of rotatable bonds is 9. The minimum atomic E-state index is -0.431. The number of carbonyl (C=O) groups excluding carboxylic acids is 1. The first-order chi connectivity index (χ1) is 11.8. The molecule has 0 heterocycles. The van der Waals surface area contributed by atoms with Crippen molar-refractivity contribution in [2.75, 3.05) is 6.61 Å². The zero-order chi connectivity index (χ0) is 19.0. The Hall–Kier alpha value is -1.94. The van der Waals surface area contributed by atoms with Gasteiger partial charge in [0.25, 0.3) is 0 Å². The van der Waals surface area contributed by atoms with Gasteiger partial charge in [-0.15, -0.1) is 0 Å². The highest BCUT2D eigenvalue weighted by Crippen LogP contribution is 2.42. The first kappa shape index (κ1) is 21.1. The SMILES string of the molecule is CCCC(=O)c1c(OC/C=C(\C)CCC=C(C)C)cc(O)c(Cl)c1O. The lowest BCUT2D eigenvalue weighted by Gasteiger charge is -2.13. The van der Waals surface area contributed by atoms with Crippen LogP contribution in [-0.4, -0.2) is 22.6 Å². The smallest absolute Gasteiger partial charge is 0.170 e. The summed E-state index contributed by atoms with van der Waals surface area (Å²) >= 11 is 5.84. The van der Waals surface area contributed by atoms with Crippen molar-refractivity contribution in [1.82, 2.24) is 0 Å². The van der Waals surface area contributed by atoms with Crippen LogP contribution in [0.25, 0.3) is 0 Å². The number of hydrogen-bond donors (Lipinski definition) is 2. The number of ketones is 1. The maximum Gasteiger partial charge on any atom is 0.170 e. The van der Waals surface area contributed by atoms with Gasteiger partial charge in [0.15, 0.2) is 11.5 Å². The summed E-state index contributed by atoms with van der Waals surface area (Å²) in [6.45, 7) is 8.26. The van der Waals surface area contributed by atoms with E-state index in [0.29, 0.717) is 6.42 Å². The molecular formula is C20H27ClO4. The van der Waals surface area contributed by atoms with Gasteiger partial charge in [0.2, 0.25) is 0 Å². The van der Waals surface area contributed by atoms with Crippen molar-refractivity contribution in [2.45, 2.75) is 53.4 Å². The molecule has 1 aromatic rings. The second-order valence-electron chi connectivity index (χ2n) is 6.29. The highest BCUT2D eigenvalue weighted by Gasteiger charge is 2.22. The standard InChI is InChI=1S/C20H27ClO4/c1-5-7-15(22)18-17(12-16(23)19(21)20(18)24)25-11-10-14(4)9-6-8-13(2)3/h8,10,12,23-24H,5-7,9,11H2,1-4H3/b14-10+. The van der Waals surface area contributed by atoms with Crippen LogP contribution in [0.3, 0.4) is 0 Å². The van der Waals surface area contributed by atoms with Crippen LogP contribution >= 0.6 is 11.6 Å². The maximum atomic E-state index is 12.2. The molecule has 0 atom stereocenters. The minimum absolute atomic E-state index is 0.0280. The van der Waals surface area contributed by atoms with Gasteiger partial charge in [-0.05, 0) is 46.1 Å². The lowest BCUT2D eigenvalue weighted by atomic mass is 10.0. The average Bonchev–Trinajstić information content (AvgIpc) is 2.52. The summed E-state index contributed by atoms with van der Waals surface area (Å²) in [5.74, 6) is -0.863. The fourth-order valence-electron chi connectivity index (χ4n) is 2.31. The third-order valence-corrected chi connectivity index (χ3v) is 4.07. The zero-order valence-corrected chi connectivity index (χ0v) is 16.1. The topological polar surface area (TPSA) is 66.8 Å². The predicted molar refractivity (Wildman–Crippen MR) is 102 cm³/mol. The Kier molecular flexibility index (Phi) is 8.56. The summed E-state index contributed by atoms with van der Waals surface area (Å²) in [5.41, 5.74) is 2.48. The van der Waals surface area contributed by atoms with E-state index < -0.39 is 5.75 Å². The minimum Gasteiger partial charge on any atom is -0.506 e. The largest absolute Gasteiger partial charge is 0.506 e. The van der Waals surface area contributed by atoms with Gasteiger partial charge in [-0.2, -0.15) is 0 Å². The Labute approximate surface area is 154 Å². The molecule has 0 saturated heterocycles. The molecule has 5 heteroatoms. The lowest BCUT2D eigenvalue weighted by Crippen LogP contribution is -2.05. The zero-order valence-electron chi connectivity index (χ0n) is 15.4. The number of allylic oxidation sites excluding steroid dienone is 3. The monoisotopic (exact) mass is 366 g/mol. The molecule has 1 rings (SSSR count). The normalized spacial score (nSPS) is 11.3. The van der Waals surface area contributed by atoms with Crippen molar-refractivity contribution in [3.8, 4) is 17.2 Å². The average molecular weight is 367 g/mol. The van der Waals surface area contributed by atoms with Crippen LogP contribution in [0.4, 0.5) is 0 Å². The van der Waals surface area contributed by atoms with Crippen LogP contribution in [-0.2, 0) is 0 Å². The maximum absolute atomic E-state index is 12.2. The van der Waals surface area contributed by atoms with E-state index in [0.717, 1.165) is 12.8 Å². The van der Waals surface area contributed by atoms with Gasteiger partial charge in [0.1, 0.15) is 28.7 Å². The Morgan fingerprint density at radius 1 is 1.20 bits per heavy atom. The second kappa shape index (κ2) is 10.1. The second-order valence-corrected chi connectivity index (χ2v) is 6.66. The fourth-order valence-corrected chi connectivity index (χ4v) is 2.46. The molecule has 25 heavy (non-hydrogen) atoms. The third kappa shape index (κ3) is 6.46. The van der Waals surface area contributed by atoms with Gasteiger partial charge >= 0.3 is 0 Å². The molecule has 0 unspecified atom stereocenters. The van der Waals surface area contributed by atoms with E-state index in [2.05, 4.69) is 19.9 Å². The first-order valence-electron chi connectivity index (χ1n) is 8.47. The quantitative estimate of drug-likeness (QED) is 0.427. The van der Waals surface area contributed by atoms with Crippen molar-refractivity contribution in [2.24, 2.45) is 0 Å². The molecule has 0 aliphatic carbocycles.